The van der Waals surface area contributed by atoms with Crippen LogP contribution in [0.4, 0.5) is 5.69 Å². The summed E-state index contributed by atoms with van der Waals surface area (Å²) in [5, 5.41) is 6.12. The summed E-state index contributed by atoms with van der Waals surface area (Å²) in [7, 11) is 1.91. The van der Waals surface area contributed by atoms with E-state index in [0.717, 1.165) is 30.6 Å². The van der Waals surface area contributed by atoms with Crippen molar-refractivity contribution in [2.24, 2.45) is 5.92 Å². The van der Waals surface area contributed by atoms with Gasteiger partial charge in [-0.25, -0.2) is 0 Å². The fourth-order valence-electron chi connectivity index (χ4n) is 1.89. The average Bonchev–Trinajstić information content (AvgIpc) is 2.18. The molecule has 0 radical (unpaired) electrons. The molecule has 3 nitrogen and oxygen atoms in total. The molecule has 1 aromatic carbocycles. The Morgan fingerprint density at radius 3 is 2.65 bits per heavy atom. The van der Waals surface area contributed by atoms with Crippen molar-refractivity contribution < 1.29 is 4.79 Å². The van der Waals surface area contributed by atoms with E-state index in [1.165, 1.54) is 6.42 Å². The minimum absolute atomic E-state index is 0. The number of halogens is 1. The van der Waals surface area contributed by atoms with Crippen LogP contribution in [-0.2, 0) is 11.3 Å². The van der Waals surface area contributed by atoms with Gasteiger partial charge in [0.05, 0.1) is 0 Å². The van der Waals surface area contributed by atoms with Crippen molar-refractivity contribution in [1.82, 2.24) is 5.32 Å². The van der Waals surface area contributed by atoms with E-state index >= 15 is 0 Å². The first-order valence-corrected chi connectivity index (χ1v) is 5.84. The van der Waals surface area contributed by atoms with E-state index in [1.807, 2.05) is 31.3 Å². The molecule has 0 heterocycles. The van der Waals surface area contributed by atoms with Gasteiger partial charge in [0.25, 0.3) is 0 Å². The van der Waals surface area contributed by atoms with Crippen LogP contribution in [0.2, 0.25) is 0 Å². The Hall–Kier alpha value is -1.06. The zero-order chi connectivity index (χ0) is 11.4. The topological polar surface area (TPSA) is 41.1 Å². The number of hydrogen-bond acceptors (Lipinski definition) is 2. The van der Waals surface area contributed by atoms with Gasteiger partial charge in [0.2, 0.25) is 5.91 Å². The summed E-state index contributed by atoms with van der Waals surface area (Å²) < 4.78 is 0. The highest BCUT2D eigenvalue weighted by Crippen LogP contribution is 2.28. The second kappa shape index (κ2) is 6.62. The molecule has 17 heavy (non-hydrogen) atoms. The van der Waals surface area contributed by atoms with Crippen LogP contribution in [0, 0.1) is 5.92 Å². The molecule has 1 aliphatic rings. The van der Waals surface area contributed by atoms with Crippen LogP contribution < -0.4 is 10.6 Å². The van der Waals surface area contributed by atoms with Gasteiger partial charge in [0, 0.05) is 18.2 Å². The van der Waals surface area contributed by atoms with E-state index in [-0.39, 0.29) is 24.2 Å². The maximum Gasteiger partial charge on any atom is 0.227 e. The van der Waals surface area contributed by atoms with E-state index in [1.54, 1.807) is 0 Å². The van der Waals surface area contributed by atoms with Crippen molar-refractivity contribution in [3.8, 4) is 0 Å². The number of anilines is 1. The predicted octanol–water partition coefficient (Wildman–Crippen LogP) is 2.57. The fraction of sp³-hybridized carbons (Fsp3) is 0.462. The van der Waals surface area contributed by atoms with Crippen molar-refractivity contribution in [1.29, 1.82) is 0 Å². The molecule has 4 heteroatoms. The van der Waals surface area contributed by atoms with Gasteiger partial charge in [0.15, 0.2) is 0 Å². The van der Waals surface area contributed by atoms with Crippen LogP contribution in [0.5, 0.6) is 0 Å². The van der Waals surface area contributed by atoms with E-state index in [0.29, 0.717) is 0 Å². The van der Waals surface area contributed by atoms with E-state index in [9.17, 15) is 4.79 Å². The Morgan fingerprint density at radius 1 is 1.35 bits per heavy atom. The van der Waals surface area contributed by atoms with Crippen LogP contribution >= 0.6 is 12.4 Å². The molecular formula is C13H19ClN2O. The molecule has 0 aromatic heterocycles. The lowest BCUT2D eigenvalue weighted by Gasteiger charge is -2.24. The monoisotopic (exact) mass is 254 g/mol. The summed E-state index contributed by atoms with van der Waals surface area (Å²) in [4.78, 5) is 11.8. The van der Waals surface area contributed by atoms with Gasteiger partial charge in [-0.1, -0.05) is 24.6 Å². The molecule has 1 aliphatic carbocycles. The highest BCUT2D eigenvalue weighted by Gasteiger charge is 2.25. The van der Waals surface area contributed by atoms with E-state index in [2.05, 4.69) is 10.6 Å². The quantitative estimate of drug-likeness (QED) is 0.867. The SMILES string of the molecule is CNCc1ccccc1NC(=O)C1CCC1.Cl. The minimum Gasteiger partial charge on any atom is -0.326 e. The first kappa shape index (κ1) is 14.0. The Kier molecular flexibility index (Phi) is 5.45. The number of rotatable bonds is 4. The van der Waals surface area contributed by atoms with Gasteiger partial charge < -0.3 is 10.6 Å². The molecule has 1 saturated carbocycles. The van der Waals surface area contributed by atoms with Crippen LogP contribution in [-0.4, -0.2) is 13.0 Å². The molecule has 0 spiro atoms. The molecular weight excluding hydrogens is 236 g/mol. The number of amides is 1. The molecule has 0 saturated heterocycles. The summed E-state index contributed by atoms with van der Waals surface area (Å²) in [6.45, 7) is 0.779. The van der Waals surface area contributed by atoms with Crippen molar-refractivity contribution in [2.75, 3.05) is 12.4 Å². The molecule has 2 rings (SSSR count). The first-order chi connectivity index (χ1) is 7.81. The van der Waals surface area contributed by atoms with E-state index in [4.69, 9.17) is 0 Å². The molecule has 1 aromatic rings. The third kappa shape index (κ3) is 3.45. The van der Waals surface area contributed by atoms with Gasteiger partial charge in [0.1, 0.15) is 0 Å². The third-order valence-electron chi connectivity index (χ3n) is 3.12. The summed E-state index contributed by atoms with van der Waals surface area (Å²) in [6.07, 6.45) is 3.27. The lowest BCUT2D eigenvalue weighted by Crippen LogP contribution is -2.28. The lowest BCUT2D eigenvalue weighted by atomic mass is 9.85. The smallest absolute Gasteiger partial charge is 0.227 e. The zero-order valence-corrected chi connectivity index (χ0v) is 10.8. The van der Waals surface area contributed by atoms with Crippen LogP contribution in [0.3, 0.4) is 0 Å². The second-order valence-corrected chi connectivity index (χ2v) is 4.30. The fourth-order valence-corrected chi connectivity index (χ4v) is 1.89. The third-order valence-corrected chi connectivity index (χ3v) is 3.12. The maximum absolute atomic E-state index is 11.8. The van der Waals surface area contributed by atoms with Gasteiger partial charge in [-0.2, -0.15) is 0 Å². The average molecular weight is 255 g/mol. The zero-order valence-electron chi connectivity index (χ0n) is 10.0. The molecule has 94 valence electrons. The van der Waals surface area contributed by atoms with Gasteiger partial charge in [-0.15, -0.1) is 12.4 Å². The molecule has 1 fully saturated rings. The van der Waals surface area contributed by atoms with Crippen LogP contribution in [0.1, 0.15) is 24.8 Å². The summed E-state index contributed by atoms with van der Waals surface area (Å²) in [6, 6.07) is 7.94. The van der Waals surface area contributed by atoms with Crippen LogP contribution in [0.15, 0.2) is 24.3 Å². The summed E-state index contributed by atoms with van der Waals surface area (Å²) in [5.41, 5.74) is 2.08. The number of carbonyl (C=O) groups excluding carboxylic acids is 1. The standard InChI is InChI=1S/C13H18N2O.ClH/c1-14-9-11-5-2-3-8-12(11)15-13(16)10-6-4-7-10;/h2-3,5,8,10,14H,4,6-7,9H2,1H3,(H,15,16);1H. The summed E-state index contributed by atoms with van der Waals surface area (Å²) in [5.74, 6) is 0.414. The Morgan fingerprint density at radius 2 is 2.06 bits per heavy atom. The second-order valence-electron chi connectivity index (χ2n) is 4.30. The molecule has 1 amide bonds. The highest BCUT2D eigenvalue weighted by molar-refractivity contribution is 5.93. The van der Waals surface area contributed by atoms with Gasteiger partial charge in [-0.3, -0.25) is 4.79 Å². The van der Waals surface area contributed by atoms with Crippen molar-refractivity contribution >= 4 is 24.0 Å². The van der Waals surface area contributed by atoms with Crippen molar-refractivity contribution in [3.63, 3.8) is 0 Å². The molecule has 0 atom stereocenters. The molecule has 0 unspecified atom stereocenters. The van der Waals surface area contributed by atoms with Crippen LogP contribution in [0.25, 0.3) is 0 Å². The number of para-hydroxylation sites is 1. The Bertz CT molecular complexity index is 377. The number of benzene rings is 1. The van der Waals surface area contributed by atoms with Gasteiger partial charge in [-0.05, 0) is 31.5 Å². The normalized spacial score (nSPS) is 14.6. The Balaban J connectivity index is 0.00000144. The molecule has 2 N–H and O–H groups in total. The first-order valence-electron chi connectivity index (χ1n) is 5.84. The Labute approximate surface area is 108 Å². The molecule has 0 aliphatic heterocycles. The maximum atomic E-state index is 11.8. The largest absolute Gasteiger partial charge is 0.326 e. The number of hydrogen-bond donors (Lipinski definition) is 2. The lowest BCUT2D eigenvalue weighted by molar-refractivity contribution is -0.122. The highest BCUT2D eigenvalue weighted by atomic mass is 35.5. The van der Waals surface area contributed by atoms with Crippen molar-refractivity contribution in [2.45, 2.75) is 25.8 Å². The van der Waals surface area contributed by atoms with Gasteiger partial charge >= 0.3 is 0 Å². The minimum atomic E-state index is 0. The summed E-state index contributed by atoms with van der Waals surface area (Å²) >= 11 is 0. The van der Waals surface area contributed by atoms with Crippen molar-refractivity contribution in [3.05, 3.63) is 29.8 Å². The van der Waals surface area contributed by atoms with E-state index < -0.39 is 0 Å². The number of nitrogens with one attached hydrogen (secondary N) is 2. The number of carbonyl (C=O) groups is 1. The predicted molar refractivity (Wildman–Crippen MR) is 72.4 cm³/mol. The molecule has 0 bridgehead atoms.